The SMILES string of the molecule is CC(C)c1ccccc1CC[C@@H](C)c1cccc(/C=C/c2ccc3ccc(Cl)cc3n2)c1. The number of aromatic nitrogens is 1. The van der Waals surface area contributed by atoms with Crippen LogP contribution in [0.5, 0.6) is 0 Å². The third kappa shape index (κ3) is 5.47. The summed E-state index contributed by atoms with van der Waals surface area (Å²) in [5.41, 5.74) is 7.39. The maximum Gasteiger partial charge on any atom is 0.0724 e. The van der Waals surface area contributed by atoms with Gasteiger partial charge in [-0.25, -0.2) is 4.98 Å². The third-order valence-electron chi connectivity index (χ3n) is 6.13. The molecule has 2 heteroatoms. The molecule has 0 fully saturated rings. The fourth-order valence-electron chi connectivity index (χ4n) is 4.21. The number of aryl methyl sites for hydroxylation is 1. The van der Waals surface area contributed by atoms with E-state index in [0.717, 1.165) is 29.4 Å². The Hall–Kier alpha value is -2.90. The number of hydrogen-bond donors (Lipinski definition) is 0. The van der Waals surface area contributed by atoms with Crippen molar-refractivity contribution >= 4 is 34.7 Å². The van der Waals surface area contributed by atoms with Gasteiger partial charge in [0.2, 0.25) is 0 Å². The Morgan fingerprint density at radius 3 is 2.50 bits per heavy atom. The number of pyridine rings is 1. The van der Waals surface area contributed by atoms with Crippen LogP contribution in [0.1, 0.15) is 67.0 Å². The Balaban J connectivity index is 1.46. The number of benzene rings is 3. The van der Waals surface area contributed by atoms with Crippen molar-refractivity contribution < 1.29 is 0 Å². The van der Waals surface area contributed by atoms with Crippen LogP contribution in [0.2, 0.25) is 5.02 Å². The second-order valence-electron chi connectivity index (χ2n) is 8.87. The standard InChI is InChI=1S/C30H30ClN/c1-21(2)29-10-5-4-8-24(29)13-11-22(3)26-9-6-7-23(19-26)12-17-28-18-15-25-14-16-27(31)20-30(25)32-28/h4-10,12,14-22H,11,13H2,1-3H3/b17-12+/t22-/m1/s1. The Kier molecular flexibility index (Phi) is 7.07. The molecule has 0 bridgehead atoms. The predicted molar refractivity (Wildman–Crippen MR) is 139 cm³/mol. The molecule has 4 rings (SSSR count). The fourth-order valence-corrected chi connectivity index (χ4v) is 4.38. The van der Waals surface area contributed by atoms with Crippen LogP contribution >= 0.6 is 11.6 Å². The van der Waals surface area contributed by atoms with E-state index in [-0.39, 0.29) is 0 Å². The molecule has 0 radical (unpaired) electrons. The van der Waals surface area contributed by atoms with Crippen LogP contribution in [0, 0.1) is 0 Å². The minimum absolute atomic E-state index is 0.504. The van der Waals surface area contributed by atoms with Crippen LogP contribution in [0.15, 0.2) is 78.9 Å². The Bertz CT molecular complexity index is 1240. The zero-order valence-corrected chi connectivity index (χ0v) is 19.8. The van der Waals surface area contributed by atoms with Crippen LogP contribution in [0.25, 0.3) is 23.1 Å². The lowest BCUT2D eigenvalue weighted by molar-refractivity contribution is 0.672. The number of nitrogens with zero attached hydrogens (tertiary/aromatic N) is 1. The Labute approximate surface area is 196 Å². The summed E-state index contributed by atoms with van der Waals surface area (Å²) in [7, 11) is 0. The van der Waals surface area contributed by atoms with Gasteiger partial charge in [-0.2, -0.15) is 0 Å². The van der Waals surface area contributed by atoms with Crippen molar-refractivity contribution in [3.63, 3.8) is 0 Å². The number of hydrogen-bond acceptors (Lipinski definition) is 1. The predicted octanol–water partition coefficient (Wildman–Crippen LogP) is 8.92. The van der Waals surface area contributed by atoms with Crippen molar-refractivity contribution in [1.82, 2.24) is 4.98 Å². The molecule has 3 aromatic carbocycles. The molecule has 162 valence electrons. The lowest BCUT2D eigenvalue weighted by atomic mass is 9.89. The molecule has 0 saturated heterocycles. The van der Waals surface area contributed by atoms with E-state index in [1.165, 1.54) is 22.3 Å². The first-order valence-electron chi connectivity index (χ1n) is 11.4. The number of halogens is 1. The van der Waals surface area contributed by atoms with Crippen LogP contribution < -0.4 is 0 Å². The van der Waals surface area contributed by atoms with Crippen molar-refractivity contribution in [2.75, 3.05) is 0 Å². The maximum atomic E-state index is 6.12. The highest BCUT2D eigenvalue weighted by molar-refractivity contribution is 6.31. The molecule has 0 N–H and O–H groups in total. The molecule has 0 aliphatic rings. The van der Waals surface area contributed by atoms with Gasteiger partial charge in [-0.3, -0.25) is 0 Å². The molecule has 0 saturated carbocycles. The van der Waals surface area contributed by atoms with E-state index >= 15 is 0 Å². The van der Waals surface area contributed by atoms with Crippen LogP contribution in [0.3, 0.4) is 0 Å². The summed E-state index contributed by atoms with van der Waals surface area (Å²) in [6, 6.07) is 27.7. The first kappa shape index (κ1) is 22.3. The molecule has 32 heavy (non-hydrogen) atoms. The van der Waals surface area contributed by atoms with Gasteiger partial charge in [-0.1, -0.05) is 99.1 Å². The fraction of sp³-hybridized carbons (Fsp3) is 0.233. The van der Waals surface area contributed by atoms with E-state index in [0.29, 0.717) is 16.9 Å². The normalized spacial score (nSPS) is 12.7. The van der Waals surface area contributed by atoms with E-state index in [9.17, 15) is 0 Å². The topological polar surface area (TPSA) is 12.9 Å². The zero-order valence-electron chi connectivity index (χ0n) is 19.1. The van der Waals surface area contributed by atoms with Crippen LogP contribution in [-0.4, -0.2) is 4.98 Å². The van der Waals surface area contributed by atoms with Crippen molar-refractivity contribution in [2.24, 2.45) is 0 Å². The molecule has 1 atom stereocenters. The Morgan fingerprint density at radius 2 is 1.66 bits per heavy atom. The molecule has 0 spiro atoms. The summed E-state index contributed by atoms with van der Waals surface area (Å²) in [6.45, 7) is 6.88. The summed E-state index contributed by atoms with van der Waals surface area (Å²) in [5, 5.41) is 1.81. The first-order chi connectivity index (χ1) is 15.5. The summed E-state index contributed by atoms with van der Waals surface area (Å²) in [4.78, 5) is 4.72. The third-order valence-corrected chi connectivity index (χ3v) is 6.36. The number of fused-ring (bicyclic) bond motifs is 1. The molecular weight excluding hydrogens is 410 g/mol. The molecule has 0 aliphatic carbocycles. The average molecular weight is 440 g/mol. The van der Waals surface area contributed by atoms with Crippen LogP contribution in [-0.2, 0) is 6.42 Å². The summed E-state index contributed by atoms with van der Waals surface area (Å²) in [6.07, 6.45) is 6.47. The highest BCUT2D eigenvalue weighted by atomic mass is 35.5. The van der Waals surface area contributed by atoms with Gasteiger partial charge >= 0.3 is 0 Å². The lowest BCUT2D eigenvalue weighted by Crippen LogP contribution is -2.00. The molecule has 1 nitrogen and oxygen atoms in total. The van der Waals surface area contributed by atoms with Gasteiger partial charge in [0.25, 0.3) is 0 Å². The van der Waals surface area contributed by atoms with Crippen molar-refractivity contribution in [1.29, 1.82) is 0 Å². The molecular formula is C30H30ClN. The second kappa shape index (κ2) is 10.1. The highest BCUT2D eigenvalue weighted by Gasteiger charge is 2.10. The van der Waals surface area contributed by atoms with E-state index < -0.39 is 0 Å². The largest absolute Gasteiger partial charge is 0.248 e. The maximum absolute atomic E-state index is 6.12. The second-order valence-corrected chi connectivity index (χ2v) is 9.31. The van der Waals surface area contributed by atoms with Crippen molar-refractivity contribution in [2.45, 2.75) is 45.4 Å². The molecule has 0 amide bonds. The molecule has 1 aromatic heterocycles. The summed E-state index contributed by atoms with van der Waals surface area (Å²) in [5.74, 6) is 1.07. The van der Waals surface area contributed by atoms with E-state index in [4.69, 9.17) is 16.6 Å². The van der Waals surface area contributed by atoms with E-state index in [1.807, 2.05) is 24.3 Å². The minimum atomic E-state index is 0.504. The zero-order chi connectivity index (χ0) is 22.5. The molecule has 4 aromatic rings. The van der Waals surface area contributed by atoms with Gasteiger partial charge in [-0.05, 0) is 71.2 Å². The van der Waals surface area contributed by atoms with Gasteiger partial charge in [0.05, 0.1) is 11.2 Å². The van der Waals surface area contributed by atoms with E-state index in [2.05, 4.69) is 87.5 Å². The molecule has 1 heterocycles. The highest BCUT2D eigenvalue weighted by Crippen LogP contribution is 2.26. The first-order valence-corrected chi connectivity index (χ1v) is 11.8. The molecule has 0 aliphatic heterocycles. The minimum Gasteiger partial charge on any atom is -0.248 e. The number of rotatable bonds is 7. The van der Waals surface area contributed by atoms with Gasteiger partial charge in [-0.15, -0.1) is 0 Å². The van der Waals surface area contributed by atoms with Crippen molar-refractivity contribution in [3.05, 3.63) is 112 Å². The van der Waals surface area contributed by atoms with E-state index in [1.54, 1.807) is 0 Å². The van der Waals surface area contributed by atoms with Gasteiger partial charge < -0.3 is 0 Å². The van der Waals surface area contributed by atoms with Gasteiger partial charge in [0, 0.05) is 10.4 Å². The smallest absolute Gasteiger partial charge is 0.0724 e. The Morgan fingerprint density at radius 1 is 0.844 bits per heavy atom. The molecule has 0 unspecified atom stereocenters. The average Bonchev–Trinajstić information content (AvgIpc) is 2.81. The summed E-state index contributed by atoms with van der Waals surface area (Å²) < 4.78 is 0. The quantitative estimate of drug-likeness (QED) is 0.280. The van der Waals surface area contributed by atoms with Crippen LogP contribution in [0.4, 0.5) is 0 Å². The monoisotopic (exact) mass is 439 g/mol. The summed E-state index contributed by atoms with van der Waals surface area (Å²) >= 11 is 6.12. The lowest BCUT2D eigenvalue weighted by Gasteiger charge is -2.16. The van der Waals surface area contributed by atoms with Gasteiger partial charge in [0.15, 0.2) is 0 Å². The van der Waals surface area contributed by atoms with Crippen molar-refractivity contribution in [3.8, 4) is 0 Å². The van der Waals surface area contributed by atoms with Gasteiger partial charge in [0.1, 0.15) is 0 Å².